The topological polar surface area (TPSA) is 69.6 Å². The second-order valence-electron chi connectivity index (χ2n) is 5.35. The van der Waals surface area contributed by atoms with Gasteiger partial charge in [-0.1, -0.05) is 0 Å². The summed E-state index contributed by atoms with van der Waals surface area (Å²) in [6.07, 6.45) is 3.20. The molecule has 20 heavy (non-hydrogen) atoms. The lowest BCUT2D eigenvalue weighted by molar-refractivity contribution is 0.0697. The fourth-order valence-electron chi connectivity index (χ4n) is 2.71. The van der Waals surface area contributed by atoms with E-state index >= 15 is 0 Å². The fraction of sp³-hybridized carbons (Fsp3) is 0.467. The molecule has 1 heterocycles. The first kappa shape index (κ1) is 14.4. The van der Waals surface area contributed by atoms with Gasteiger partial charge in [0.25, 0.3) is 0 Å². The lowest BCUT2D eigenvalue weighted by Gasteiger charge is -2.38. The maximum absolute atomic E-state index is 12.3. The third-order valence-electron chi connectivity index (χ3n) is 3.81. The molecule has 1 saturated heterocycles. The summed E-state index contributed by atoms with van der Waals surface area (Å²) >= 11 is 0. The Kier molecular flexibility index (Phi) is 4.27. The molecule has 0 spiro atoms. The summed E-state index contributed by atoms with van der Waals surface area (Å²) in [4.78, 5) is 24.9. The van der Waals surface area contributed by atoms with Crippen LogP contribution in [0.2, 0.25) is 0 Å². The highest BCUT2D eigenvalue weighted by Crippen LogP contribution is 2.23. The van der Waals surface area contributed by atoms with Gasteiger partial charge in [-0.3, -0.25) is 0 Å². The van der Waals surface area contributed by atoms with Crippen molar-refractivity contribution in [1.82, 2.24) is 4.90 Å². The van der Waals surface area contributed by atoms with E-state index in [1.807, 2.05) is 4.90 Å². The number of hydrogen-bond donors (Lipinski definition) is 2. The van der Waals surface area contributed by atoms with Gasteiger partial charge >= 0.3 is 12.0 Å². The lowest BCUT2D eigenvalue weighted by atomic mass is 9.98. The van der Waals surface area contributed by atoms with Crippen molar-refractivity contribution in [2.24, 2.45) is 0 Å². The zero-order valence-corrected chi connectivity index (χ0v) is 11.8. The maximum atomic E-state index is 12.3. The van der Waals surface area contributed by atoms with E-state index in [-0.39, 0.29) is 23.7 Å². The minimum Gasteiger partial charge on any atom is -0.478 e. The minimum atomic E-state index is -0.971. The quantitative estimate of drug-likeness (QED) is 0.871. The molecule has 5 heteroatoms. The Morgan fingerprint density at radius 2 is 1.70 bits per heavy atom. The molecule has 1 aliphatic heterocycles. The van der Waals surface area contributed by atoms with Gasteiger partial charge in [0.15, 0.2) is 0 Å². The predicted octanol–water partition coefficient (Wildman–Crippen LogP) is 3.18. The molecule has 2 unspecified atom stereocenters. The van der Waals surface area contributed by atoms with Gasteiger partial charge in [-0.25, -0.2) is 9.59 Å². The van der Waals surface area contributed by atoms with E-state index in [4.69, 9.17) is 5.11 Å². The number of nitrogens with zero attached hydrogens (tertiary/aromatic N) is 1. The Balaban J connectivity index is 2.05. The molecule has 108 valence electrons. The van der Waals surface area contributed by atoms with Crippen LogP contribution in [0.15, 0.2) is 24.3 Å². The van der Waals surface area contributed by atoms with E-state index in [1.54, 1.807) is 12.1 Å². The van der Waals surface area contributed by atoms with Gasteiger partial charge in [0.2, 0.25) is 0 Å². The van der Waals surface area contributed by atoms with Gasteiger partial charge < -0.3 is 15.3 Å². The molecule has 2 N–H and O–H groups in total. The third kappa shape index (κ3) is 3.10. The molecular formula is C15H20N2O3. The van der Waals surface area contributed by atoms with Crippen molar-refractivity contribution in [2.75, 3.05) is 5.32 Å². The Hall–Kier alpha value is -2.04. The number of carbonyl (C=O) groups excluding carboxylic acids is 1. The SMILES string of the molecule is CC1CCCC(C)N1C(=O)Nc1ccc(C(=O)O)cc1. The summed E-state index contributed by atoms with van der Waals surface area (Å²) in [5.74, 6) is -0.971. The Morgan fingerprint density at radius 1 is 1.15 bits per heavy atom. The molecule has 1 aromatic carbocycles. The molecule has 1 aliphatic rings. The number of carbonyl (C=O) groups is 2. The van der Waals surface area contributed by atoms with Gasteiger partial charge in [-0.05, 0) is 57.4 Å². The average molecular weight is 276 g/mol. The van der Waals surface area contributed by atoms with Crippen LogP contribution in [0.1, 0.15) is 43.5 Å². The monoisotopic (exact) mass is 276 g/mol. The molecule has 2 rings (SSSR count). The van der Waals surface area contributed by atoms with Crippen LogP contribution in [-0.2, 0) is 0 Å². The molecule has 0 aromatic heterocycles. The highest BCUT2D eigenvalue weighted by atomic mass is 16.4. The summed E-state index contributed by atoms with van der Waals surface area (Å²) in [5.41, 5.74) is 0.827. The van der Waals surface area contributed by atoms with Crippen LogP contribution < -0.4 is 5.32 Å². The summed E-state index contributed by atoms with van der Waals surface area (Å²) < 4.78 is 0. The molecule has 1 aromatic rings. The number of carboxylic acid groups (broad SMARTS) is 1. The molecule has 2 amide bonds. The largest absolute Gasteiger partial charge is 0.478 e. The van der Waals surface area contributed by atoms with Gasteiger partial charge in [-0.2, -0.15) is 0 Å². The third-order valence-corrected chi connectivity index (χ3v) is 3.81. The molecule has 1 fully saturated rings. The number of piperidine rings is 1. The van der Waals surface area contributed by atoms with Crippen molar-refractivity contribution in [3.8, 4) is 0 Å². The van der Waals surface area contributed by atoms with E-state index in [1.165, 1.54) is 12.1 Å². The van der Waals surface area contributed by atoms with E-state index in [0.29, 0.717) is 5.69 Å². The van der Waals surface area contributed by atoms with Crippen LogP contribution in [0.3, 0.4) is 0 Å². The molecular weight excluding hydrogens is 256 g/mol. The number of likely N-dealkylation sites (tertiary alicyclic amines) is 1. The van der Waals surface area contributed by atoms with Crippen molar-refractivity contribution >= 4 is 17.7 Å². The summed E-state index contributed by atoms with van der Waals surface area (Å²) in [5, 5.41) is 11.7. The fourth-order valence-corrected chi connectivity index (χ4v) is 2.71. The summed E-state index contributed by atoms with van der Waals surface area (Å²) in [6.45, 7) is 4.12. The molecule has 0 bridgehead atoms. The number of rotatable bonds is 2. The van der Waals surface area contributed by atoms with Crippen LogP contribution in [0.25, 0.3) is 0 Å². The van der Waals surface area contributed by atoms with Crippen LogP contribution in [0, 0.1) is 0 Å². The number of amides is 2. The van der Waals surface area contributed by atoms with Gasteiger partial charge in [0.05, 0.1) is 5.56 Å². The van der Waals surface area contributed by atoms with Crippen molar-refractivity contribution in [1.29, 1.82) is 0 Å². The predicted molar refractivity (Wildman–Crippen MR) is 77.0 cm³/mol. The number of urea groups is 1. The van der Waals surface area contributed by atoms with Crippen molar-refractivity contribution in [2.45, 2.75) is 45.2 Å². The normalized spacial score (nSPS) is 22.4. The van der Waals surface area contributed by atoms with E-state index in [9.17, 15) is 9.59 Å². The van der Waals surface area contributed by atoms with Crippen LogP contribution in [0.5, 0.6) is 0 Å². The Morgan fingerprint density at radius 3 is 2.20 bits per heavy atom. The Labute approximate surface area is 118 Å². The van der Waals surface area contributed by atoms with Crippen molar-refractivity contribution in [3.05, 3.63) is 29.8 Å². The van der Waals surface area contributed by atoms with E-state index in [0.717, 1.165) is 19.3 Å². The molecule has 0 radical (unpaired) electrons. The highest BCUT2D eigenvalue weighted by molar-refractivity contribution is 5.91. The Bertz CT molecular complexity index is 488. The second-order valence-corrected chi connectivity index (χ2v) is 5.35. The summed E-state index contributed by atoms with van der Waals surface area (Å²) in [7, 11) is 0. The number of hydrogen-bond acceptors (Lipinski definition) is 2. The zero-order valence-electron chi connectivity index (χ0n) is 11.8. The first-order valence-corrected chi connectivity index (χ1v) is 6.91. The van der Waals surface area contributed by atoms with E-state index < -0.39 is 5.97 Å². The zero-order chi connectivity index (χ0) is 14.7. The number of nitrogens with one attached hydrogen (secondary N) is 1. The minimum absolute atomic E-state index is 0.118. The number of benzene rings is 1. The molecule has 5 nitrogen and oxygen atoms in total. The average Bonchev–Trinajstić information content (AvgIpc) is 2.39. The summed E-state index contributed by atoms with van der Waals surface area (Å²) in [6, 6.07) is 6.55. The molecule has 0 aliphatic carbocycles. The first-order chi connectivity index (χ1) is 9.49. The smallest absolute Gasteiger partial charge is 0.335 e. The van der Waals surface area contributed by atoms with Crippen molar-refractivity contribution < 1.29 is 14.7 Å². The molecule has 0 saturated carbocycles. The lowest BCUT2D eigenvalue weighted by Crippen LogP contribution is -2.49. The van der Waals surface area contributed by atoms with Crippen LogP contribution in [-0.4, -0.2) is 34.1 Å². The standard InChI is InChI=1S/C15H20N2O3/c1-10-4-3-5-11(2)17(10)15(20)16-13-8-6-12(7-9-13)14(18)19/h6-11H,3-5H2,1-2H3,(H,16,20)(H,18,19). The second kappa shape index (κ2) is 5.94. The number of aromatic carboxylic acids is 1. The van der Waals surface area contributed by atoms with Gasteiger partial charge in [-0.15, -0.1) is 0 Å². The van der Waals surface area contributed by atoms with Crippen LogP contribution in [0.4, 0.5) is 10.5 Å². The van der Waals surface area contributed by atoms with Crippen LogP contribution >= 0.6 is 0 Å². The maximum Gasteiger partial charge on any atom is 0.335 e. The number of carboxylic acids is 1. The van der Waals surface area contributed by atoms with Crippen molar-refractivity contribution in [3.63, 3.8) is 0 Å². The first-order valence-electron chi connectivity index (χ1n) is 6.91. The molecule has 2 atom stereocenters. The van der Waals surface area contributed by atoms with Gasteiger partial charge in [0, 0.05) is 17.8 Å². The number of anilines is 1. The van der Waals surface area contributed by atoms with Gasteiger partial charge in [0.1, 0.15) is 0 Å². The highest BCUT2D eigenvalue weighted by Gasteiger charge is 2.28. The van der Waals surface area contributed by atoms with E-state index in [2.05, 4.69) is 19.2 Å².